The molecule has 0 aromatic heterocycles. The van der Waals surface area contributed by atoms with Crippen LogP contribution in [0.4, 0.5) is 0 Å². The number of nitrogens with one attached hydrogen (secondary N) is 1. The number of thioether (sulfide) groups is 1. The zero-order chi connectivity index (χ0) is 15.2. The van der Waals surface area contributed by atoms with E-state index in [-0.39, 0.29) is 18.4 Å². The summed E-state index contributed by atoms with van der Waals surface area (Å²) in [5.74, 6) is -0.455. The zero-order valence-electron chi connectivity index (χ0n) is 12.1. The second-order valence-electron chi connectivity index (χ2n) is 5.08. The number of amides is 1. The molecule has 0 bridgehead atoms. The van der Waals surface area contributed by atoms with Crippen molar-refractivity contribution in [1.29, 1.82) is 0 Å². The quantitative estimate of drug-likeness (QED) is 0.809. The second kappa shape index (κ2) is 7.33. The largest absolute Gasteiger partial charge is 0.481 e. The third-order valence-corrected chi connectivity index (χ3v) is 4.20. The smallest absolute Gasteiger partial charge is 0.315 e. The van der Waals surface area contributed by atoms with Crippen LogP contribution < -0.4 is 5.32 Å². The van der Waals surface area contributed by atoms with Crippen molar-refractivity contribution in [3.63, 3.8) is 0 Å². The molecule has 0 aliphatic rings. The Balaban J connectivity index is 2.79. The summed E-state index contributed by atoms with van der Waals surface area (Å²) in [4.78, 5) is 23.5. The minimum Gasteiger partial charge on any atom is -0.481 e. The van der Waals surface area contributed by atoms with Gasteiger partial charge in [-0.2, -0.15) is 11.8 Å². The molecule has 2 atom stereocenters. The summed E-state index contributed by atoms with van der Waals surface area (Å²) < 4.78 is 0. The van der Waals surface area contributed by atoms with E-state index in [1.807, 2.05) is 19.2 Å². The van der Waals surface area contributed by atoms with Crippen LogP contribution in [0.1, 0.15) is 19.4 Å². The number of carbonyl (C=O) groups is 2. The maximum Gasteiger partial charge on any atom is 0.315 e. The van der Waals surface area contributed by atoms with Crippen molar-refractivity contribution in [3.05, 3.63) is 35.9 Å². The molecule has 2 unspecified atom stereocenters. The molecule has 0 saturated heterocycles. The Morgan fingerprint density at radius 2 is 1.95 bits per heavy atom. The van der Waals surface area contributed by atoms with Gasteiger partial charge in [-0.15, -0.1) is 0 Å². The van der Waals surface area contributed by atoms with E-state index in [9.17, 15) is 14.7 Å². The first kappa shape index (κ1) is 16.6. The summed E-state index contributed by atoms with van der Waals surface area (Å²) in [6, 6.07) is 8.98. The number of benzene rings is 1. The molecular weight excluding hydrogens is 274 g/mol. The number of rotatable bonds is 7. The van der Waals surface area contributed by atoms with Gasteiger partial charge in [0.2, 0.25) is 5.91 Å². The zero-order valence-corrected chi connectivity index (χ0v) is 12.9. The summed E-state index contributed by atoms with van der Waals surface area (Å²) >= 11 is 1.60. The Bertz CT molecular complexity index is 463. The molecule has 1 amide bonds. The van der Waals surface area contributed by atoms with Gasteiger partial charge >= 0.3 is 5.97 Å². The summed E-state index contributed by atoms with van der Waals surface area (Å²) in [5.41, 5.74) is -0.430. The molecule has 0 aliphatic carbocycles. The molecule has 0 fully saturated rings. The summed E-state index contributed by atoms with van der Waals surface area (Å²) in [6.45, 7) is 3.56. The van der Waals surface area contributed by atoms with Gasteiger partial charge in [-0.25, -0.2) is 0 Å². The molecule has 1 aromatic carbocycles. The van der Waals surface area contributed by atoms with E-state index in [0.29, 0.717) is 5.56 Å². The third kappa shape index (κ3) is 4.00. The minimum atomic E-state index is -1.12. The van der Waals surface area contributed by atoms with E-state index in [2.05, 4.69) is 5.32 Å². The molecule has 0 aliphatic heterocycles. The molecule has 0 saturated carbocycles. The number of carboxylic acid groups (broad SMARTS) is 1. The fourth-order valence-corrected chi connectivity index (χ4v) is 2.52. The van der Waals surface area contributed by atoms with Crippen LogP contribution in [0.5, 0.6) is 0 Å². The Morgan fingerprint density at radius 3 is 2.45 bits per heavy atom. The van der Waals surface area contributed by atoms with E-state index >= 15 is 0 Å². The average Bonchev–Trinajstić information content (AvgIpc) is 2.45. The highest BCUT2D eigenvalue weighted by Crippen LogP contribution is 2.23. The van der Waals surface area contributed by atoms with E-state index in [4.69, 9.17) is 0 Å². The third-order valence-electron chi connectivity index (χ3n) is 3.36. The second-order valence-corrected chi connectivity index (χ2v) is 5.99. The van der Waals surface area contributed by atoms with Gasteiger partial charge in [0.1, 0.15) is 5.41 Å². The lowest BCUT2D eigenvalue weighted by atomic mass is 9.82. The Kier molecular flexibility index (Phi) is 6.07. The Labute approximate surface area is 124 Å². The van der Waals surface area contributed by atoms with Crippen molar-refractivity contribution in [1.82, 2.24) is 5.32 Å². The molecule has 4 nitrogen and oxygen atoms in total. The molecule has 1 aromatic rings. The van der Waals surface area contributed by atoms with Crippen molar-refractivity contribution in [2.75, 3.05) is 18.6 Å². The fraction of sp³-hybridized carbons (Fsp3) is 0.467. The highest BCUT2D eigenvalue weighted by Gasteiger charge is 2.35. The monoisotopic (exact) mass is 295 g/mol. The van der Waals surface area contributed by atoms with E-state index in [1.54, 1.807) is 43.0 Å². The maximum atomic E-state index is 11.9. The van der Waals surface area contributed by atoms with Crippen molar-refractivity contribution in [2.45, 2.75) is 19.3 Å². The number of aliphatic carboxylic acids is 1. The first-order valence-corrected chi connectivity index (χ1v) is 7.86. The normalized spacial score (nSPS) is 15.2. The predicted octanol–water partition coefficient (Wildman–Crippen LogP) is 2.14. The summed E-state index contributed by atoms with van der Waals surface area (Å²) in [5, 5.41) is 12.2. The lowest BCUT2D eigenvalue weighted by Crippen LogP contribution is -2.45. The van der Waals surface area contributed by atoms with Crippen molar-refractivity contribution < 1.29 is 14.7 Å². The molecule has 110 valence electrons. The first-order valence-electron chi connectivity index (χ1n) is 6.47. The van der Waals surface area contributed by atoms with Crippen molar-refractivity contribution in [3.8, 4) is 0 Å². The number of hydrogen-bond donors (Lipinski definition) is 2. The van der Waals surface area contributed by atoms with Gasteiger partial charge in [0.05, 0.1) is 0 Å². The summed E-state index contributed by atoms with van der Waals surface area (Å²) in [7, 11) is 0. The van der Waals surface area contributed by atoms with Crippen LogP contribution in [0.15, 0.2) is 30.3 Å². The Hall–Kier alpha value is -1.49. The standard InChI is InChI=1S/C15H21NO3S/c1-11(9-20-3)13(17)16-10-15(2,14(18)19)12-7-5-4-6-8-12/h4-8,11H,9-10H2,1-3H3,(H,16,17)(H,18,19). The lowest BCUT2D eigenvalue weighted by molar-refractivity contribution is -0.143. The van der Waals surface area contributed by atoms with Gasteiger partial charge in [0, 0.05) is 18.2 Å². The van der Waals surface area contributed by atoms with Crippen LogP contribution in [0.2, 0.25) is 0 Å². The molecule has 0 radical (unpaired) electrons. The van der Waals surface area contributed by atoms with Crippen LogP contribution >= 0.6 is 11.8 Å². The number of hydrogen-bond acceptors (Lipinski definition) is 3. The molecular formula is C15H21NO3S. The van der Waals surface area contributed by atoms with E-state index in [1.165, 1.54) is 0 Å². The molecule has 5 heteroatoms. The van der Waals surface area contributed by atoms with Gasteiger partial charge in [0.25, 0.3) is 0 Å². The molecule has 1 rings (SSSR count). The Morgan fingerprint density at radius 1 is 1.35 bits per heavy atom. The molecule has 0 spiro atoms. The van der Waals surface area contributed by atoms with Gasteiger partial charge in [0.15, 0.2) is 0 Å². The number of carboxylic acids is 1. The summed E-state index contributed by atoms with van der Waals surface area (Å²) in [6.07, 6.45) is 1.94. The van der Waals surface area contributed by atoms with Crippen LogP contribution in [-0.4, -0.2) is 35.5 Å². The van der Waals surface area contributed by atoms with Crippen LogP contribution in [0.25, 0.3) is 0 Å². The first-order chi connectivity index (χ1) is 9.41. The molecule has 20 heavy (non-hydrogen) atoms. The van der Waals surface area contributed by atoms with Gasteiger partial charge < -0.3 is 10.4 Å². The maximum absolute atomic E-state index is 11.9. The number of carbonyl (C=O) groups excluding carboxylic acids is 1. The van der Waals surface area contributed by atoms with Gasteiger partial charge in [-0.1, -0.05) is 37.3 Å². The SMILES string of the molecule is CSCC(C)C(=O)NCC(C)(C(=O)O)c1ccccc1. The molecule has 0 heterocycles. The average molecular weight is 295 g/mol. The topological polar surface area (TPSA) is 66.4 Å². The predicted molar refractivity (Wildman–Crippen MR) is 82.0 cm³/mol. The highest BCUT2D eigenvalue weighted by molar-refractivity contribution is 7.98. The van der Waals surface area contributed by atoms with Crippen molar-refractivity contribution in [2.24, 2.45) is 5.92 Å². The highest BCUT2D eigenvalue weighted by atomic mass is 32.2. The van der Waals surface area contributed by atoms with Crippen LogP contribution in [0.3, 0.4) is 0 Å². The van der Waals surface area contributed by atoms with E-state index in [0.717, 1.165) is 5.75 Å². The van der Waals surface area contributed by atoms with Gasteiger partial charge in [-0.3, -0.25) is 9.59 Å². The lowest BCUT2D eigenvalue weighted by Gasteiger charge is -2.26. The van der Waals surface area contributed by atoms with E-state index < -0.39 is 11.4 Å². The van der Waals surface area contributed by atoms with Gasteiger partial charge in [-0.05, 0) is 18.7 Å². The minimum absolute atomic E-state index is 0.0872. The fourth-order valence-electron chi connectivity index (χ4n) is 1.87. The van der Waals surface area contributed by atoms with Crippen LogP contribution in [0, 0.1) is 5.92 Å². The van der Waals surface area contributed by atoms with Crippen LogP contribution in [-0.2, 0) is 15.0 Å². The molecule has 2 N–H and O–H groups in total. The van der Waals surface area contributed by atoms with Crippen molar-refractivity contribution >= 4 is 23.6 Å².